The Morgan fingerprint density at radius 2 is 1.77 bits per heavy atom. The first-order valence-electron chi connectivity index (χ1n) is 11.9. The summed E-state index contributed by atoms with van der Waals surface area (Å²) < 4.78 is 3.81. The summed E-state index contributed by atoms with van der Waals surface area (Å²) in [6.07, 6.45) is 0.870. The number of hydrogen-bond acceptors (Lipinski definition) is 8. The Labute approximate surface area is 208 Å². The average molecular weight is 490 g/mol. The summed E-state index contributed by atoms with van der Waals surface area (Å²) in [5, 5.41) is 28.9. The molecule has 10 heteroatoms. The van der Waals surface area contributed by atoms with Crippen LogP contribution in [0, 0.1) is 13.8 Å². The molecular weight excluding hydrogens is 458 g/mol. The van der Waals surface area contributed by atoms with E-state index in [0.717, 1.165) is 40.9 Å². The van der Waals surface area contributed by atoms with Crippen LogP contribution in [-0.4, -0.2) is 45.1 Å². The minimum absolute atomic E-state index is 0.0257. The summed E-state index contributed by atoms with van der Waals surface area (Å²) in [6.45, 7) is 14.3. The van der Waals surface area contributed by atoms with E-state index in [-0.39, 0.29) is 11.6 Å². The number of pyridine rings is 1. The fraction of sp³-hybridized carbons (Fsp3) is 0.440. The number of hydrogen-bond donors (Lipinski definition) is 0. The van der Waals surface area contributed by atoms with E-state index in [1.54, 1.807) is 11.3 Å². The zero-order chi connectivity index (χ0) is 24.7. The number of benzene rings is 1. The van der Waals surface area contributed by atoms with Gasteiger partial charge in [0.05, 0.1) is 17.1 Å². The van der Waals surface area contributed by atoms with Crippen LogP contribution in [0.2, 0.25) is 0 Å². The van der Waals surface area contributed by atoms with Crippen molar-refractivity contribution in [2.45, 2.75) is 72.6 Å². The summed E-state index contributed by atoms with van der Waals surface area (Å²) in [5.74, 6) is 0.874. The first-order valence-corrected chi connectivity index (χ1v) is 12.8. The van der Waals surface area contributed by atoms with Gasteiger partial charge < -0.3 is 0 Å². The van der Waals surface area contributed by atoms with Gasteiger partial charge in [-0.3, -0.25) is 4.90 Å². The molecule has 0 bridgehead atoms. The van der Waals surface area contributed by atoms with Crippen LogP contribution >= 0.6 is 11.3 Å². The summed E-state index contributed by atoms with van der Waals surface area (Å²) in [7, 11) is 0. The predicted molar refractivity (Wildman–Crippen MR) is 137 cm³/mol. The van der Waals surface area contributed by atoms with Crippen molar-refractivity contribution in [2.75, 3.05) is 0 Å². The van der Waals surface area contributed by atoms with E-state index in [1.807, 2.05) is 9.20 Å². The van der Waals surface area contributed by atoms with Gasteiger partial charge in [-0.05, 0) is 103 Å². The Morgan fingerprint density at radius 3 is 2.49 bits per heavy atom. The molecule has 5 aromatic rings. The fourth-order valence-corrected chi connectivity index (χ4v) is 5.35. The third-order valence-corrected chi connectivity index (χ3v) is 7.39. The number of thiophene rings is 1. The molecule has 0 aliphatic heterocycles. The molecule has 0 aliphatic carbocycles. The lowest BCUT2D eigenvalue weighted by Gasteiger charge is -2.32. The summed E-state index contributed by atoms with van der Waals surface area (Å²) >= 11 is 1.76. The zero-order valence-corrected chi connectivity index (χ0v) is 21.9. The van der Waals surface area contributed by atoms with E-state index >= 15 is 0 Å². The van der Waals surface area contributed by atoms with Gasteiger partial charge in [0, 0.05) is 28.9 Å². The van der Waals surface area contributed by atoms with Crippen molar-refractivity contribution in [2.24, 2.45) is 0 Å². The largest absolute Gasteiger partial charge is 0.284 e. The van der Waals surface area contributed by atoms with Gasteiger partial charge in [0.1, 0.15) is 0 Å². The van der Waals surface area contributed by atoms with E-state index in [0.29, 0.717) is 6.54 Å². The van der Waals surface area contributed by atoms with Crippen LogP contribution < -0.4 is 0 Å². The lowest BCUT2D eigenvalue weighted by molar-refractivity contribution is 0.155. The molecule has 4 heterocycles. The second-order valence-electron chi connectivity index (χ2n) is 10.1. The average Bonchev–Trinajstić information content (AvgIpc) is 3.57. The topological polar surface area (TPSA) is 89.9 Å². The van der Waals surface area contributed by atoms with Crippen LogP contribution in [0.15, 0.2) is 35.7 Å². The molecule has 0 unspecified atom stereocenters. The second-order valence-corrected chi connectivity index (χ2v) is 11.1. The van der Waals surface area contributed by atoms with Crippen LogP contribution in [0.3, 0.4) is 0 Å². The minimum atomic E-state index is -0.219. The van der Waals surface area contributed by atoms with Crippen molar-refractivity contribution < 1.29 is 0 Å². The highest BCUT2D eigenvalue weighted by Crippen LogP contribution is 2.31. The highest BCUT2D eigenvalue weighted by Gasteiger charge is 2.30. The van der Waals surface area contributed by atoms with E-state index in [4.69, 9.17) is 0 Å². The standard InChI is InChI=1S/C25H31N9S/c1-7-21(24-27-29-31-34(24)25(4,5)6)32(15-20-9-8-10-35-20)14-19-13-18-11-16(2)17(3)12-22(18)33-23(19)26-28-30-33/h8-13,21H,7,14-15H2,1-6H3/t21-/m0/s1. The van der Waals surface area contributed by atoms with Crippen molar-refractivity contribution in [3.05, 3.63) is 63.1 Å². The molecule has 9 nitrogen and oxygen atoms in total. The maximum absolute atomic E-state index is 4.49. The first kappa shape index (κ1) is 23.5. The molecule has 5 rings (SSSR count). The highest BCUT2D eigenvalue weighted by atomic mass is 32.1. The summed E-state index contributed by atoms with van der Waals surface area (Å²) in [6, 6.07) is 10.9. The number of aryl methyl sites for hydroxylation is 2. The Kier molecular flexibility index (Phi) is 6.10. The van der Waals surface area contributed by atoms with Crippen LogP contribution in [0.1, 0.15) is 67.5 Å². The Bertz CT molecular complexity index is 1460. The molecule has 0 spiro atoms. The maximum Gasteiger partial charge on any atom is 0.184 e. The van der Waals surface area contributed by atoms with Gasteiger partial charge in [-0.2, -0.15) is 4.52 Å². The van der Waals surface area contributed by atoms with Crippen molar-refractivity contribution in [1.82, 2.24) is 45.1 Å². The second kappa shape index (κ2) is 9.09. The Hall–Kier alpha value is -3.24. The van der Waals surface area contributed by atoms with Crippen molar-refractivity contribution in [1.29, 1.82) is 0 Å². The molecule has 0 radical (unpaired) electrons. The van der Waals surface area contributed by atoms with Gasteiger partial charge >= 0.3 is 0 Å². The van der Waals surface area contributed by atoms with E-state index in [2.05, 4.69) is 113 Å². The SMILES string of the molecule is CC[C@@H](c1nnnn1C(C)(C)C)N(Cc1cccs1)Cc1cc2cc(C)c(C)cc2n2nnnc12. The zero-order valence-electron chi connectivity index (χ0n) is 21.1. The van der Waals surface area contributed by atoms with Crippen LogP contribution in [-0.2, 0) is 18.6 Å². The first-order chi connectivity index (χ1) is 16.8. The normalized spacial score (nSPS) is 13.3. The molecule has 182 valence electrons. The molecular formula is C25H31N9S. The number of aromatic nitrogens is 8. The number of rotatable bonds is 7. The number of tetrazole rings is 2. The Morgan fingerprint density at radius 1 is 1.00 bits per heavy atom. The number of fused-ring (bicyclic) bond motifs is 3. The summed E-state index contributed by atoms with van der Waals surface area (Å²) in [4.78, 5) is 3.73. The number of nitrogens with zero attached hydrogens (tertiary/aromatic N) is 9. The Balaban J connectivity index is 1.62. The van der Waals surface area contributed by atoms with E-state index < -0.39 is 0 Å². The molecule has 0 aliphatic rings. The van der Waals surface area contributed by atoms with Crippen LogP contribution in [0.4, 0.5) is 0 Å². The van der Waals surface area contributed by atoms with Gasteiger partial charge in [0.25, 0.3) is 0 Å². The van der Waals surface area contributed by atoms with E-state index in [1.165, 1.54) is 16.0 Å². The van der Waals surface area contributed by atoms with E-state index in [9.17, 15) is 0 Å². The van der Waals surface area contributed by atoms with Gasteiger partial charge in [0.2, 0.25) is 0 Å². The van der Waals surface area contributed by atoms with Crippen molar-refractivity contribution in [3.63, 3.8) is 0 Å². The third-order valence-electron chi connectivity index (χ3n) is 6.52. The third kappa shape index (κ3) is 4.43. The molecule has 0 saturated heterocycles. The van der Waals surface area contributed by atoms with Crippen LogP contribution in [0.5, 0.6) is 0 Å². The maximum atomic E-state index is 4.49. The molecule has 0 saturated carbocycles. The van der Waals surface area contributed by atoms with Crippen molar-refractivity contribution >= 4 is 27.9 Å². The fourth-order valence-electron chi connectivity index (χ4n) is 4.62. The van der Waals surface area contributed by atoms with Crippen molar-refractivity contribution in [3.8, 4) is 0 Å². The van der Waals surface area contributed by atoms with Gasteiger partial charge in [0.15, 0.2) is 11.5 Å². The highest BCUT2D eigenvalue weighted by molar-refractivity contribution is 7.09. The van der Waals surface area contributed by atoms with Gasteiger partial charge in [-0.1, -0.05) is 13.0 Å². The molecule has 1 aromatic carbocycles. The van der Waals surface area contributed by atoms with Crippen LogP contribution in [0.25, 0.3) is 16.6 Å². The smallest absolute Gasteiger partial charge is 0.184 e. The molecule has 35 heavy (non-hydrogen) atoms. The quantitative estimate of drug-likeness (QED) is 0.323. The molecule has 4 aromatic heterocycles. The molecule has 1 atom stereocenters. The van der Waals surface area contributed by atoms with Gasteiger partial charge in [-0.25, -0.2) is 4.68 Å². The van der Waals surface area contributed by atoms with Gasteiger partial charge in [-0.15, -0.1) is 21.5 Å². The molecule has 0 fully saturated rings. The molecule has 0 N–H and O–H groups in total. The monoisotopic (exact) mass is 489 g/mol. The minimum Gasteiger partial charge on any atom is -0.284 e. The summed E-state index contributed by atoms with van der Waals surface area (Å²) in [5.41, 5.74) is 5.13. The molecule has 0 amide bonds. The lowest BCUT2D eigenvalue weighted by Crippen LogP contribution is -2.34. The lowest BCUT2D eigenvalue weighted by atomic mass is 10.0. The predicted octanol–water partition coefficient (Wildman–Crippen LogP) is 4.85.